The van der Waals surface area contributed by atoms with Gasteiger partial charge in [0, 0.05) is 24.3 Å². The minimum absolute atomic E-state index is 0.0115. The van der Waals surface area contributed by atoms with Gasteiger partial charge in [0.05, 0.1) is 11.8 Å². The maximum atomic E-state index is 10.8. The predicted molar refractivity (Wildman–Crippen MR) is 82.7 cm³/mol. The topological polar surface area (TPSA) is 68.0 Å². The Kier molecular flexibility index (Phi) is 5.01. The lowest BCUT2D eigenvalue weighted by Gasteiger charge is -2.21. The zero-order chi connectivity index (χ0) is 15.4. The minimum atomic E-state index is -0.836. The molecule has 0 bridgehead atoms. The Labute approximate surface area is 128 Å². The summed E-state index contributed by atoms with van der Waals surface area (Å²) < 4.78 is 2.12. The van der Waals surface area contributed by atoms with E-state index in [1.165, 1.54) is 11.8 Å². The number of imidazole rings is 1. The van der Waals surface area contributed by atoms with Gasteiger partial charge in [-0.2, -0.15) is 0 Å². The SMILES string of the molecule is CC(C)c1cnc(SCC(=O)O)n1C(C)c1ccncc1. The molecule has 0 amide bonds. The molecule has 1 N–H and O–H groups in total. The monoisotopic (exact) mass is 305 g/mol. The number of carboxylic acids is 1. The van der Waals surface area contributed by atoms with E-state index in [0.717, 1.165) is 16.4 Å². The van der Waals surface area contributed by atoms with Crippen molar-refractivity contribution >= 4 is 17.7 Å². The highest BCUT2D eigenvalue weighted by Gasteiger charge is 2.19. The number of aromatic nitrogens is 3. The molecule has 0 radical (unpaired) electrons. The van der Waals surface area contributed by atoms with Crippen LogP contribution in [0.15, 0.2) is 35.9 Å². The van der Waals surface area contributed by atoms with Gasteiger partial charge in [-0.3, -0.25) is 9.78 Å². The molecule has 5 nitrogen and oxygen atoms in total. The van der Waals surface area contributed by atoms with Crippen LogP contribution in [0.4, 0.5) is 0 Å². The van der Waals surface area contributed by atoms with Crippen molar-refractivity contribution in [1.82, 2.24) is 14.5 Å². The Morgan fingerprint density at radius 2 is 2.00 bits per heavy atom. The van der Waals surface area contributed by atoms with E-state index in [9.17, 15) is 4.79 Å². The van der Waals surface area contributed by atoms with E-state index in [2.05, 4.69) is 35.3 Å². The summed E-state index contributed by atoms with van der Waals surface area (Å²) in [5.74, 6) is -0.504. The minimum Gasteiger partial charge on any atom is -0.481 e. The smallest absolute Gasteiger partial charge is 0.313 e. The number of nitrogens with zero attached hydrogens (tertiary/aromatic N) is 3. The first kappa shape index (κ1) is 15.6. The summed E-state index contributed by atoms with van der Waals surface area (Å²) in [6.07, 6.45) is 5.37. The Bertz CT molecular complexity index is 611. The molecule has 0 aromatic carbocycles. The van der Waals surface area contributed by atoms with Crippen LogP contribution < -0.4 is 0 Å². The summed E-state index contributed by atoms with van der Waals surface area (Å²) in [6.45, 7) is 6.31. The molecule has 21 heavy (non-hydrogen) atoms. The van der Waals surface area contributed by atoms with Crippen LogP contribution in [0, 0.1) is 0 Å². The third kappa shape index (κ3) is 3.64. The van der Waals surface area contributed by atoms with Crippen molar-refractivity contribution in [1.29, 1.82) is 0 Å². The number of carbonyl (C=O) groups is 1. The van der Waals surface area contributed by atoms with Gasteiger partial charge in [-0.15, -0.1) is 0 Å². The zero-order valence-corrected chi connectivity index (χ0v) is 13.2. The number of hydrogen-bond donors (Lipinski definition) is 1. The summed E-state index contributed by atoms with van der Waals surface area (Å²) in [5.41, 5.74) is 2.23. The lowest BCUT2D eigenvalue weighted by atomic mass is 10.1. The van der Waals surface area contributed by atoms with Crippen molar-refractivity contribution < 1.29 is 9.90 Å². The van der Waals surface area contributed by atoms with Crippen LogP contribution >= 0.6 is 11.8 Å². The fourth-order valence-corrected chi connectivity index (χ4v) is 2.98. The van der Waals surface area contributed by atoms with Gasteiger partial charge in [0.2, 0.25) is 0 Å². The number of thioether (sulfide) groups is 1. The molecule has 2 aromatic heterocycles. The van der Waals surface area contributed by atoms with Gasteiger partial charge in [0.15, 0.2) is 5.16 Å². The normalized spacial score (nSPS) is 12.6. The Hall–Kier alpha value is -1.82. The van der Waals surface area contributed by atoms with E-state index in [0.29, 0.717) is 5.92 Å². The molecule has 0 spiro atoms. The lowest BCUT2D eigenvalue weighted by Crippen LogP contribution is -2.13. The van der Waals surface area contributed by atoms with Crippen molar-refractivity contribution in [2.45, 2.75) is 37.9 Å². The first-order valence-electron chi connectivity index (χ1n) is 6.82. The van der Waals surface area contributed by atoms with Crippen LogP contribution in [0.3, 0.4) is 0 Å². The Morgan fingerprint density at radius 1 is 1.33 bits per heavy atom. The van der Waals surface area contributed by atoms with Crippen LogP contribution in [0.5, 0.6) is 0 Å². The molecule has 0 aliphatic rings. The maximum Gasteiger partial charge on any atom is 0.313 e. The fourth-order valence-electron chi connectivity index (χ4n) is 2.20. The molecule has 0 saturated heterocycles. The summed E-state index contributed by atoms with van der Waals surface area (Å²) in [5, 5.41) is 9.61. The van der Waals surface area contributed by atoms with Crippen LogP contribution in [-0.4, -0.2) is 31.4 Å². The summed E-state index contributed by atoms with van der Waals surface area (Å²) in [4.78, 5) is 19.2. The van der Waals surface area contributed by atoms with Crippen LogP contribution in [0.1, 0.15) is 44.0 Å². The third-order valence-corrected chi connectivity index (χ3v) is 4.24. The molecule has 0 saturated carbocycles. The molecule has 1 atom stereocenters. The van der Waals surface area contributed by atoms with Crippen LogP contribution in [0.2, 0.25) is 0 Å². The molecule has 0 fully saturated rings. The second-order valence-electron chi connectivity index (χ2n) is 5.13. The fraction of sp³-hybridized carbons (Fsp3) is 0.400. The van der Waals surface area contributed by atoms with E-state index >= 15 is 0 Å². The van der Waals surface area contributed by atoms with Crippen LogP contribution in [-0.2, 0) is 4.79 Å². The van der Waals surface area contributed by atoms with E-state index in [1.54, 1.807) is 12.4 Å². The number of rotatable bonds is 6. The van der Waals surface area contributed by atoms with Crippen molar-refractivity contribution in [2.75, 3.05) is 5.75 Å². The first-order valence-corrected chi connectivity index (χ1v) is 7.81. The molecule has 112 valence electrons. The van der Waals surface area contributed by atoms with Gasteiger partial charge in [-0.25, -0.2) is 4.98 Å². The summed E-state index contributed by atoms with van der Waals surface area (Å²) in [6, 6.07) is 4.03. The zero-order valence-electron chi connectivity index (χ0n) is 12.4. The molecular weight excluding hydrogens is 286 g/mol. The quantitative estimate of drug-likeness (QED) is 0.830. The maximum absolute atomic E-state index is 10.8. The Balaban J connectivity index is 2.38. The van der Waals surface area contributed by atoms with Crippen molar-refractivity contribution in [3.05, 3.63) is 42.0 Å². The molecular formula is C15H19N3O2S. The predicted octanol–water partition coefficient (Wildman–Crippen LogP) is 3.19. The molecule has 2 rings (SSSR count). The van der Waals surface area contributed by atoms with E-state index in [1.807, 2.05) is 18.3 Å². The van der Waals surface area contributed by atoms with E-state index in [-0.39, 0.29) is 11.8 Å². The molecule has 2 heterocycles. The highest BCUT2D eigenvalue weighted by atomic mass is 32.2. The highest BCUT2D eigenvalue weighted by Crippen LogP contribution is 2.30. The standard InChI is InChI=1S/C15H19N3O2S/c1-10(2)13-8-17-15(21-9-14(19)20)18(13)11(3)12-4-6-16-7-5-12/h4-8,10-11H,9H2,1-3H3,(H,19,20). The van der Waals surface area contributed by atoms with Gasteiger partial charge in [-0.05, 0) is 30.5 Å². The Morgan fingerprint density at radius 3 is 2.57 bits per heavy atom. The molecule has 1 unspecified atom stereocenters. The summed E-state index contributed by atoms with van der Waals surface area (Å²) >= 11 is 1.25. The number of aliphatic carboxylic acids is 1. The third-order valence-electron chi connectivity index (χ3n) is 3.28. The lowest BCUT2D eigenvalue weighted by molar-refractivity contribution is -0.133. The van der Waals surface area contributed by atoms with Crippen LogP contribution in [0.25, 0.3) is 0 Å². The van der Waals surface area contributed by atoms with Crippen molar-refractivity contribution in [2.24, 2.45) is 0 Å². The highest BCUT2D eigenvalue weighted by molar-refractivity contribution is 7.99. The average Bonchev–Trinajstić information content (AvgIpc) is 2.89. The van der Waals surface area contributed by atoms with E-state index in [4.69, 9.17) is 5.11 Å². The second-order valence-corrected chi connectivity index (χ2v) is 6.07. The largest absolute Gasteiger partial charge is 0.481 e. The van der Waals surface area contributed by atoms with Gasteiger partial charge < -0.3 is 9.67 Å². The number of hydrogen-bond acceptors (Lipinski definition) is 4. The first-order chi connectivity index (χ1) is 10.0. The number of carboxylic acid groups (broad SMARTS) is 1. The molecule has 0 aliphatic heterocycles. The van der Waals surface area contributed by atoms with Gasteiger partial charge >= 0.3 is 5.97 Å². The van der Waals surface area contributed by atoms with Crippen molar-refractivity contribution in [3.63, 3.8) is 0 Å². The van der Waals surface area contributed by atoms with Gasteiger partial charge in [0.25, 0.3) is 0 Å². The second kappa shape index (κ2) is 6.76. The molecule has 2 aromatic rings. The van der Waals surface area contributed by atoms with Crippen molar-refractivity contribution in [3.8, 4) is 0 Å². The van der Waals surface area contributed by atoms with E-state index < -0.39 is 5.97 Å². The van der Waals surface area contributed by atoms with Gasteiger partial charge in [0.1, 0.15) is 0 Å². The average molecular weight is 305 g/mol. The molecule has 0 aliphatic carbocycles. The summed E-state index contributed by atoms with van der Waals surface area (Å²) in [7, 11) is 0. The number of pyridine rings is 1. The molecule has 6 heteroatoms. The van der Waals surface area contributed by atoms with Gasteiger partial charge in [-0.1, -0.05) is 25.6 Å².